The van der Waals surface area contributed by atoms with Crippen LogP contribution in [0.15, 0.2) is 109 Å². The van der Waals surface area contributed by atoms with E-state index < -0.39 is 0 Å². The van der Waals surface area contributed by atoms with Gasteiger partial charge in [0.25, 0.3) is 0 Å². The minimum Gasteiger partial charge on any atom is -0.492 e. The second-order valence-corrected chi connectivity index (χ2v) is 10.7. The van der Waals surface area contributed by atoms with Crippen LogP contribution in [0.25, 0.3) is 21.9 Å². The Hall–Kier alpha value is -4.48. The highest BCUT2D eigenvalue weighted by Crippen LogP contribution is 2.35. The monoisotopic (exact) mass is 559 g/mol. The molecule has 4 nitrogen and oxygen atoms in total. The zero-order valence-electron chi connectivity index (χ0n) is 23.6. The van der Waals surface area contributed by atoms with Gasteiger partial charge >= 0.3 is 0 Å². The van der Waals surface area contributed by atoms with Gasteiger partial charge in [0.1, 0.15) is 30.5 Å². The normalized spacial score (nSPS) is 13.6. The van der Waals surface area contributed by atoms with Crippen LogP contribution in [0.1, 0.15) is 40.7 Å². The van der Waals surface area contributed by atoms with Crippen molar-refractivity contribution in [2.75, 3.05) is 26.2 Å². The molecule has 42 heavy (non-hydrogen) atoms. The van der Waals surface area contributed by atoms with Crippen molar-refractivity contribution in [3.63, 3.8) is 0 Å². The molecule has 5 heteroatoms. The van der Waals surface area contributed by atoms with Gasteiger partial charge in [-0.1, -0.05) is 67.1 Å². The summed E-state index contributed by atoms with van der Waals surface area (Å²) in [6.07, 6.45) is 3.81. The summed E-state index contributed by atoms with van der Waals surface area (Å²) < 4.78 is 27.0. The lowest BCUT2D eigenvalue weighted by atomic mass is 9.89. The number of benzene rings is 5. The number of carbonyl (C=O) groups is 1. The molecule has 0 aliphatic carbocycles. The Morgan fingerprint density at radius 2 is 1.45 bits per heavy atom. The molecule has 212 valence electrons. The second kappa shape index (κ2) is 13.0. The van der Waals surface area contributed by atoms with Gasteiger partial charge in [0, 0.05) is 23.2 Å². The first kappa shape index (κ1) is 27.7. The summed E-state index contributed by atoms with van der Waals surface area (Å²) in [6.45, 7) is 4.22. The SMILES string of the molecule is O=C(c1ccc(OCCN2CCCCC2)cc1)c1c(-c2ccccc2F)ccc2cc(OCc3ccccc3)ccc12. The van der Waals surface area contributed by atoms with Gasteiger partial charge in [-0.05, 0) is 96.4 Å². The third kappa shape index (κ3) is 6.37. The Kier molecular flexibility index (Phi) is 8.57. The van der Waals surface area contributed by atoms with Gasteiger partial charge in [0.15, 0.2) is 5.78 Å². The van der Waals surface area contributed by atoms with Gasteiger partial charge in [0.05, 0.1) is 0 Å². The number of nitrogens with zero attached hydrogens (tertiary/aromatic N) is 1. The van der Waals surface area contributed by atoms with E-state index in [0.29, 0.717) is 41.2 Å². The molecule has 5 aromatic carbocycles. The van der Waals surface area contributed by atoms with E-state index in [0.717, 1.165) is 41.7 Å². The van der Waals surface area contributed by atoms with Gasteiger partial charge in [-0.2, -0.15) is 0 Å². The van der Waals surface area contributed by atoms with Gasteiger partial charge in [-0.15, -0.1) is 0 Å². The van der Waals surface area contributed by atoms with Crippen LogP contribution in [-0.2, 0) is 6.61 Å². The van der Waals surface area contributed by atoms with E-state index in [2.05, 4.69) is 4.90 Å². The second-order valence-electron chi connectivity index (χ2n) is 10.7. The molecular weight excluding hydrogens is 525 g/mol. The number of halogens is 1. The van der Waals surface area contributed by atoms with E-state index in [4.69, 9.17) is 9.47 Å². The van der Waals surface area contributed by atoms with Crippen molar-refractivity contribution in [2.45, 2.75) is 25.9 Å². The zero-order valence-corrected chi connectivity index (χ0v) is 23.6. The highest BCUT2D eigenvalue weighted by atomic mass is 19.1. The van der Waals surface area contributed by atoms with Crippen molar-refractivity contribution in [1.82, 2.24) is 4.90 Å². The molecule has 0 bridgehead atoms. The average Bonchev–Trinajstić information content (AvgIpc) is 3.04. The number of fused-ring (bicyclic) bond motifs is 1. The number of hydrogen-bond acceptors (Lipinski definition) is 4. The highest BCUT2D eigenvalue weighted by molar-refractivity contribution is 6.20. The molecule has 5 aromatic rings. The fourth-order valence-corrected chi connectivity index (χ4v) is 5.61. The molecule has 1 saturated heterocycles. The maximum absolute atomic E-state index is 15.0. The molecule has 1 aliphatic rings. The summed E-state index contributed by atoms with van der Waals surface area (Å²) in [4.78, 5) is 16.5. The Morgan fingerprint density at radius 3 is 2.24 bits per heavy atom. The first-order chi connectivity index (χ1) is 20.7. The third-order valence-corrected chi connectivity index (χ3v) is 7.87. The van der Waals surface area contributed by atoms with E-state index in [1.807, 2.05) is 72.8 Å². The van der Waals surface area contributed by atoms with Crippen molar-refractivity contribution >= 4 is 16.6 Å². The molecule has 0 aromatic heterocycles. The standard InChI is InChI=1S/C37H34FNO3/c38-35-12-6-5-11-33(35)34-19-15-29-25-31(42-26-27-9-3-1-4-10-27)18-20-32(29)36(34)37(40)28-13-16-30(17-14-28)41-24-23-39-21-7-2-8-22-39/h1,3-6,9-20,25H,2,7-8,21-24,26H2. The number of hydrogen-bond donors (Lipinski definition) is 0. The highest BCUT2D eigenvalue weighted by Gasteiger charge is 2.21. The molecule has 0 saturated carbocycles. The average molecular weight is 560 g/mol. The molecule has 0 unspecified atom stereocenters. The van der Waals surface area contributed by atoms with Crippen molar-refractivity contribution < 1.29 is 18.7 Å². The lowest BCUT2D eigenvalue weighted by molar-refractivity contribution is 0.104. The fourth-order valence-electron chi connectivity index (χ4n) is 5.61. The smallest absolute Gasteiger partial charge is 0.194 e. The number of piperidine rings is 1. The molecule has 6 rings (SSSR count). The van der Waals surface area contributed by atoms with Crippen LogP contribution in [0.5, 0.6) is 11.5 Å². The van der Waals surface area contributed by atoms with Crippen LogP contribution < -0.4 is 9.47 Å². The van der Waals surface area contributed by atoms with Gasteiger partial charge in [-0.3, -0.25) is 9.69 Å². The Labute approximate surface area is 246 Å². The molecule has 0 N–H and O–H groups in total. The molecule has 0 radical (unpaired) electrons. The predicted molar refractivity (Wildman–Crippen MR) is 166 cm³/mol. The van der Waals surface area contributed by atoms with Crippen LogP contribution in [0, 0.1) is 5.82 Å². The molecule has 1 aliphatic heterocycles. The van der Waals surface area contributed by atoms with Crippen LogP contribution in [-0.4, -0.2) is 36.9 Å². The Balaban J connectivity index is 1.28. The molecule has 0 atom stereocenters. The number of rotatable bonds is 10. The Morgan fingerprint density at radius 1 is 0.714 bits per heavy atom. The van der Waals surface area contributed by atoms with E-state index in [-0.39, 0.29) is 11.6 Å². The first-order valence-corrected chi connectivity index (χ1v) is 14.6. The Bertz CT molecular complexity index is 1660. The summed E-state index contributed by atoms with van der Waals surface area (Å²) >= 11 is 0. The topological polar surface area (TPSA) is 38.8 Å². The minimum atomic E-state index is -0.369. The summed E-state index contributed by atoms with van der Waals surface area (Å²) in [7, 11) is 0. The van der Waals surface area contributed by atoms with E-state index >= 15 is 4.39 Å². The van der Waals surface area contributed by atoms with E-state index in [1.54, 1.807) is 30.3 Å². The zero-order chi connectivity index (χ0) is 28.7. The molecule has 1 fully saturated rings. The summed E-state index contributed by atoms with van der Waals surface area (Å²) in [6, 6.07) is 33.2. The quantitative estimate of drug-likeness (QED) is 0.161. The molecule has 1 heterocycles. The van der Waals surface area contributed by atoms with Crippen LogP contribution in [0.2, 0.25) is 0 Å². The summed E-state index contributed by atoms with van der Waals surface area (Å²) in [5.74, 6) is 0.897. The largest absolute Gasteiger partial charge is 0.492 e. The number of ether oxygens (including phenoxy) is 2. The number of carbonyl (C=O) groups excluding carboxylic acids is 1. The van der Waals surface area contributed by atoms with Crippen molar-refractivity contribution in [2.24, 2.45) is 0 Å². The molecular formula is C37H34FNO3. The molecule has 0 amide bonds. The third-order valence-electron chi connectivity index (χ3n) is 7.87. The van der Waals surface area contributed by atoms with E-state index in [9.17, 15) is 4.79 Å². The lowest BCUT2D eigenvalue weighted by Crippen LogP contribution is -2.33. The van der Waals surface area contributed by atoms with Crippen LogP contribution in [0.4, 0.5) is 4.39 Å². The number of likely N-dealkylation sites (tertiary alicyclic amines) is 1. The van der Waals surface area contributed by atoms with Crippen molar-refractivity contribution in [3.8, 4) is 22.6 Å². The van der Waals surface area contributed by atoms with Gasteiger partial charge in [-0.25, -0.2) is 4.39 Å². The fraction of sp³-hybridized carbons (Fsp3) is 0.216. The maximum Gasteiger partial charge on any atom is 0.194 e. The predicted octanol–water partition coefficient (Wildman–Crippen LogP) is 8.32. The number of ketones is 1. The van der Waals surface area contributed by atoms with Crippen molar-refractivity contribution in [1.29, 1.82) is 0 Å². The minimum absolute atomic E-state index is 0.170. The van der Waals surface area contributed by atoms with Crippen LogP contribution in [0.3, 0.4) is 0 Å². The van der Waals surface area contributed by atoms with Crippen LogP contribution >= 0.6 is 0 Å². The summed E-state index contributed by atoms with van der Waals surface area (Å²) in [5, 5.41) is 1.59. The van der Waals surface area contributed by atoms with Gasteiger partial charge < -0.3 is 9.47 Å². The first-order valence-electron chi connectivity index (χ1n) is 14.6. The van der Waals surface area contributed by atoms with Gasteiger partial charge in [0.2, 0.25) is 0 Å². The lowest BCUT2D eigenvalue weighted by Gasteiger charge is -2.26. The van der Waals surface area contributed by atoms with E-state index in [1.165, 1.54) is 25.3 Å². The maximum atomic E-state index is 15.0. The van der Waals surface area contributed by atoms with Crippen molar-refractivity contribution in [3.05, 3.63) is 132 Å². The molecule has 0 spiro atoms. The summed E-state index contributed by atoms with van der Waals surface area (Å²) in [5.41, 5.74) is 3.01.